The predicted molar refractivity (Wildman–Crippen MR) is 330 cm³/mol. The summed E-state index contributed by atoms with van der Waals surface area (Å²) in [4.78, 5) is 40.0. The molecule has 1 amide bonds. The summed E-state index contributed by atoms with van der Waals surface area (Å²) in [6.45, 7) is 6.77. The highest BCUT2D eigenvalue weighted by Gasteiger charge is 2.27. The molecule has 0 aliphatic rings. The number of amides is 1. The van der Waals surface area contributed by atoms with E-state index in [1.165, 1.54) is 135 Å². The summed E-state index contributed by atoms with van der Waals surface area (Å²) in [6, 6.07) is -0.903. The monoisotopic (exact) mass is 1100 g/mol. The van der Waals surface area contributed by atoms with Crippen LogP contribution in [0.15, 0.2) is 85.1 Å². The first kappa shape index (κ1) is 74.2. The molecule has 0 radical (unpaired) electrons. The summed E-state index contributed by atoms with van der Waals surface area (Å²) in [5.74, 6) is -0.571. The van der Waals surface area contributed by atoms with Gasteiger partial charge in [-0.15, -0.1) is 0 Å². The van der Waals surface area contributed by atoms with Crippen molar-refractivity contribution in [3.8, 4) is 0 Å². The van der Waals surface area contributed by atoms with Crippen LogP contribution in [0.4, 0.5) is 0 Å². The van der Waals surface area contributed by atoms with Crippen LogP contribution in [-0.2, 0) is 27.9 Å². The standard InChI is InChI=1S/C67H121N2O7P/c1-7-10-13-16-19-22-25-27-29-31-32-33-34-35-36-38-39-41-44-47-50-53-56-59-66(70)68-64(63-75-77(72,73)74-62-61-69(4,5)6)65(58-55-52-49-46-43-24-21-18-15-12-9-3)76-67(71)60-57-54-51-48-45-42-40-37-30-28-26-23-20-17-14-11-8-2/h19-20,22-23,27-30,32-33,40,42,55,58,64-65H,7-18,21,24-26,31,34-39,41,43-54,56-57,59-63H2,1-6H3,(H-,68,70,72,73)/b22-19-,23-20-,29-27-,30-28-,33-32-,42-40-,58-55-. The summed E-state index contributed by atoms with van der Waals surface area (Å²) in [5, 5.41) is 3.02. The number of allylic oxidation sites excluding steroid dienone is 13. The van der Waals surface area contributed by atoms with Crippen molar-refractivity contribution >= 4 is 19.7 Å². The fraction of sp³-hybridized carbons (Fsp3) is 0.761. The van der Waals surface area contributed by atoms with Crippen LogP contribution in [0.1, 0.15) is 278 Å². The van der Waals surface area contributed by atoms with Crippen molar-refractivity contribution in [3.05, 3.63) is 85.1 Å². The number of unbranched alkanes of at least 4 members (excludes halogenated alkanes) is 29. The molecule has 0 saturated heterocycles. The number of hydrogen-bond donors (Lipinski definition) is 1. The number of rotatable bonds is 57. The number of phosphoric acid groups is 1. The van der Waals surface area contributed by atoms with E-state index in [9.17, 15) is 19.0 Å². The second-order valence-corrected chi connectivity index (χ2v) is 24.0. The summed E-state index contributed by atoms with van der Waals surface area (Å²) in [7, 11) is 1.16. The number of nitrogens with one attached hydrogen (secondary N) is 1. The average molecular weight is 1100 g/mol. The van der Waals surface area contributed by atoms with Crippen molar-refractivity contribution < 1.29 is 37.3 Å². The number of carbonyl (C=O) groups is 2. The maximum atomic E-state index is 13.5. The van der Waals surface area contributed by atoms with Crippen LogP contribution in [0.2, 0.25) is 0 Å². The lowest BCUT2D eigenvalue weighted by molar-refractivity contribution is -0.870. The first-order valence-corrected chi connectivity index (χ1v) is 33.4. The first-order chi connectivity index (χ1) is 37.4. The molecule has 0 spiro atoms. The van der Waals surface area contributed by atoms with Crippen LogP contribution < -0.4 is 10.2 Å². The second-order valence-electron chi connectivity index (χ2n) is 22.6. The van der Waals surface area contributed by atoms with Gasteiger partial charge in [0.2, 0.25) is 5.91 Å². The highest BCUT2D eigenvalue weighted by Crippen LogP contribution is 2.38. The fourth-order valence-electron chi connectivity index (χ4n) is 8.83. The van der Waals surface area contributed by atoms with Crippen molar-refractivity contribution in [2.24, 2.45) is 0 Å². The molecule has 0 aromatic rings. The van der Waals surface area contributed by atoms with Gasteiger partial charge in [0, 0.05) is 12.8 Å². The molecule has 0 saturated carbocycles. The molecule has 10 heteroatoms. The minimum atomic E-state index is -4.71. The van der Waals surface area contributed by atoms with E-state index >= 15 is 0 Å². The lowest BCUT2D eigenvalue weighted by atomic mass is 10.0. The summed E-state index contributed by atoms with van der Waals surface area (Å²) in [5.41, 5.74) is 0. The Labute approximate surface area is 476 Å². The zero-order valence-corrected chi connectivity index (χ0v) is 51.8. The van der Waals surface area contributed by atoms with Crippen molar-refractivity contribution in [3.63, 3.8) is 0 Å². The molecular formula is C67H121N2O7P. The van der Waals surface area contributed by atoms with E-state index in [1.807, 2.05) is 33.3 Å². The molecule has 9 nitrogen and oxygen atoms in total. The molecule has 0 aromatic carbocycles. The van der Waals surface area contributed by atoms with Gasteiger partial charge in [0.1, 0.15) is 19.3 Å². The largest absolute Gasteiger partial charge is 0.756 e. The smallest absolute Gasteiger partial charge is 0.306 e. The van der Waals surface area contributed by atoms with E-state index in [0.29, 0.717) is 23.9 Å². The van der Waals surface area contributed by atoms with E-state index in [2.05, 4.69) is 99.0 Å². The minimum absolute atomic E-state index is 0.0301. The Morgan fingerprint density at radius 3 is 1.21 bits per heavy atom. The third kappa shape index (κ3) is 57.7. The third-order valence-corrected chi connectivity index (χ3v) is 14.8. The maximum absolute atomic E-state index is 13.5. The van der Waals surface area contributed by atoms with Crippen LogP contribution in [0.25, 0.3) is 0 Å². The Morgan fingerprint density at radius 2 is 0.792 bits per heavy atom. The van der Waals surface area contributed by atoms with E-state index in [1.54, 1.807) is 0 Å². The Kier molecular flexibility index (Phi) is 54.4. The Bertz CT molecular complexity index is 1590. The highest BCUT2D eigenvalue weighted by atomic mass is 31.2. The molecular weight excluding hydrogens is 976 g/mol. The van der Waals surface area contributed by atoms with Crippen LogP contribution in [-0.4, -0.2) is 69.4 Å². The topological polar surface area (TPSA) is 114 Å². The number of hydrogen-bond acceptors (Lipinski definition) is 7. The number of quaternary nitrogens is 1. The Balaban J connectivity index is 5.20. The summed E-state index contributed by atoms with van der Waals surface area (Å²) in [6.07, 6.45) is 74.0. The fourth-order valence-corrected chi connectivity index (χ4v) is 9.55. The van der Waals surface area contributed by atoms with Crippen molar-refractivity contribution in [2.45, 2.75) is 290 Å². The van der Waals surface area contributed by atoms with E-state index in [4.69, 9.17) is 13.8 Å². The van der Waals surface area contributed by atoms with Gasteiger partial charge >= 0.3 is 5.97 Å². The van der Waals surface area contributed by atoms with E-state index < -0.39 is 26.6 Å². The van der Waals surface area contributed by atoms with E-state index in [0.717, 1.165) is 103 Å². The van der Waals surface area contributed by atoms with Gasteiger partial charge in [-0.3, -0.25) is 14.2 Å². The van der Waals surface area contributed by atoms with Crippen LogP contribution in [0.3, 0.4) is 0 Å². The van der Waals surface area contributed by atoms with Gasteiger partial charge < -0.3 is 28.5 Å². The van der Waals surface area contributed by atoms with Gasteiger partial charge in [0.05, 0.1) is 33.8 Å². The minimum Gasteiger partial charge on any atom is -0.756 e. The first-order valence-electron chi connectivity index (χ1n) is 31.9. The number of nitrogens with zero attached hydrogens (tertiary/aromatic N) is 1. The van der Waals surface area contributed by atoms with Gasteiger partial charge in [0.15, 0.2) is 0 Å². The molecule has 446 valence electrons. The van der Waals surface area contributed by atoms with Crippen LogP contribution in [0.5, 0.6) is 0 Å². The molecule has 0 bridgehead atoms. The third-order valence-electron chi connectivity index (χ3n) is 13.8. The molecule has 0 fully saturated rings. The van der Waals surface area contributed by atoms with Crippen molar-refractivity contribution in [1.82, 2.24) is 5.32 Å². The predicted octanol–water partition coefficient (Wildman–Crippen LogP) is 19.1. The summed E-state index contributed by atoms with van der Waals surface area (Å²) >= 11 is 0. The van der Waals surface area contributed by atoms with Gasteiger partial charge in [-0.05, 0) is 109 Å². The molecule has 3 unspecified atom stereocenters. The SMILES string of the molecule is CCCCC/C=C\C/C=C\C/C=C\CCCCCCCCCCCCC(=O)NC(COP(=O)([O-])OCC[N+](C)(C)C)C(/C=C\CCCCCCCCCCC)OC(=O)CCCCCC/C=C\C/C=C\C/C=C\CCCCC. The number of carbonyl (C=O) groups excluding carboxylic acids is 2. The molecule has 3 atom stereocenters. The number of ether oxygens (including phenoxy) is 1. The molecule has 0 aromatic heterocycles. The van der Waals surface area contributed by atoms with Crippen LogP contribution >= 0.6 is 7.82 Å². The van der Waals surface area contributed by atoms with Gasteiger partial charge in [0.25, 0.3) is 7.82 Å². The zero-order valence-electron chi connectivity index (χ0n) is 50.9. The quantitative estimate of drug-likeness (QED) is 0.0212. The average Bonchev–Trinajstić information content (AvgIpc) is 3.39. The zero-order chi connectivity index (χ0) is 56.4. The number of phosphoric ester groups is 1. The van der Waals surface area contributed by atoms with Gasteiger partial charge in [-0.1, -0.05) is 241 Å². The second kappa shape index (κ2) is 56.5. The maximum Gasteiger partial charge on any atom is 0.306 e. The molecule has 0 rings (SSSR count). The molecule has 0 aliphatic carbocycles. The van der Waals surface area contributed by atoms with Gasteiger partial charge in [-0.2, -0.15) is 0 Å². The molecule has 77 heavy (non-hydrogen) atoms. The van der Waals surface area contributed by atoms with Crippen molar-refractivity contribution in [2.75, 3.05) is 40.9 Å². The molecule has 0 aliphatic heterocycles. The lowest BCUT2D eigenvalue weighted by Crippen LogP contribution is -2.47. The van der Waals surface area contributed by atoms with Crippen molar-refractivity contribution in [1.29, 1.82) is 0 Å². The lowest BCUT2D eigenvalue weighted by Gasteiger charge is -2.30. The Morgan fingerprint density at radius 1 is 0.455 bits per heavy atom. The highest BCUT2D eigenvalue weighted by molar-refractivity contribution is 7.45. The number of esters is 1. The van der Waals surface area contributed by atoms with Crippen LogP contribution in [0, 0.1) is 0 Å². The Hall–Kier alpha value is -2.81. The van der Waals surface area contributed by atoms with E-state index in [-0.39, 0.29) is 24.9 Å². The summed E-state index contributed by atoms with van der Waals surface area (Å²) < 4.78 is 30.3. The normalized spacial score (nSPS) is 14.2. The van der Waals surface area contributed by atoms with Gasteiger partial charge in [-0.25, -0.2) is 0 Å². The molecule has 0 heterocycles. The molecule has 1 N–H and O–H groups in total. The number of likely N-dealkylation sites (N-methyl/N-ethyl adjacent to an activating group) is 1.